The van der Waals surface area contributed by atoms with Crippen molar-refractivity contribution in [2.45, 2.75) is 39.3 Å². The van der Waals surface area contributed by atoms with E-state index in [0.717, 1.165) is 0 Å². The fourth-order valence-electron chi connectivity index (χ4n) is 1.34. The average molecular weight is 241 g/mol. The van der Waals surface area contributed by atoms with E-state index in [-0.39, 0.29) is 18.0 Å². The number of carbonyl (C=O) groups is 1. The van der Waals surface area contributed by atoms with E-state index in [1.165, 1.54) is 4.88 Å². The molecule has 0 spiro atoms. The number of carbonyl (C=O) groups excluding carboxylic acids is 1. The van der Waals surface area contributed by atoms with Crippen LogP contribution in [0.2, 0.25) is 0 Å². The van der Waals surface area contributed by atoms with Crippen LogP contribution < -0.4 is 10.6 Å². The monoisotopic (exact) mass is 241 g/mol. The number of rotatable bonds is 6. The zero-order valence-electron chi connectivity index (χ0n) is 9.99. The maximum atomic E-state index is 11.4. The topological polar surface area (TPSA) is 54.0 Å². The first kappa shape index (κ1) is 13.1. The molecular formula is C11H19N3OS. The fourth-order valence-corrected chi connectivity index (χ4v) is 1.99. The van der Waals surface area contributed by atoms with Crippen molar-refractivity contribution in [1.82, 2.24) is 15.6 Å². The van der Waals surface area contributed by atoms with E-state index in [1.54, 1.807) is 11.3 Å². The van der Waals surface area contributed by atoms with E-state index >= 15 is 0 Å². The Morgan fingerprint density at radius 3 is 2.81 bits per heavy atom. The largest absolute Gasteiger partial charge is 0.354 e. The third kappa shape index (κ3) is 4.72. The average Bonchev–Trinajstić information content (AvgIpc) is 2.68. The number of hydrogen-bond acceptors (Lipinski definition) is 4. The Bertz CT molecular complexity index is 311. The molecule has 0 saturated heterocycles. The second-order valence-electron chi connectivity index (χ2n) is 4.05. The molecule has 2 N–H and O–H groups in total. The first-order valence-electron chi connectivity index (χ1n) is 5.50. The van der Waals surface area contributed by atoms with Crippen LogP contribution in [0.4, 0.5) is 0 Å². The van der Waals surface area contributed by atoms with Crippen molar-refractivity contribution < 1.29 is 4.79 Å². The maximum Gasteiger partial charge on any atom is 0.221 e. The molecule has 0 radical (unpaired) electrons. The Morgan fingerprint density at radius 1 is 1.50 bits per heavy atom. The van der Waals surface area contributed by atoms with Gasteiger partial charge in [0, 0.05) is 36.1 Å². The van der Waals surface area contributed by atoms with Gasteiger partial charge in [-0.1, -0.05) is 0 Å². The third-order valence-electron chi connectivity index (χ3n) is 2.13. The van der Waals surface area contributed by atoms with Crippen molar-refractivity contribution in [1.29, 1.82) is 0 Å². The summed E-state index contributed by atoms with van der Waals surface area (Å²) in [6, 6.07) is 0.478. The zero-order chi connectivity index (χ0) is 12.0. The highest BCUT2D eigenvalue weighted by Gasteiger charge is 2.07. The van der Waals surface area contributed by atoms with Crippen LogP contribution >= 0.6 is 11.3 Å². The van der Waals surface area contributed by atoms with Gasteiger partial charge in [0.2, 0.25) is 5.91 Å². The summed E-state index contributed by atoms with van der Waals surface area (Å²) >= 11 is 1.63. The lowest BCUT2D eigenvalue weighted by Gasteiger charge is -2.12. The summed E-state index contributed by atoms with van der Waals surface area (Å²) in [7, 11) is 0. The lowest BCUT2D eigenvalue weighted by molar-refractivity contribution is -0.121. The minimum Gasteiger partial charge on any atom is -0.354 e. The van der Waals surface area contributed by atoms with Crippen LogP contribution in [0.3, 0.4) is 0 Å². The predicted molar refractivity (Wildman–Crippen MR) is 66.4 cm³/mol. The van der Waals surface area contributed by atoms with Gasteiger partial charge in [-0.15, -0.1) is 11.3 Å². The summed E-state index contributed by atoms with van der Waals surface area (Å²) in [5.74, 6) is 0.0963. The van der Waals surface area contributed by atoms with Crippen LogP contribution in [0, 0.1) is 0 Å². The van der Waals surface area contributed by atoms with Crippen molar-refractivity contribution in [3.63, 3.8) is 0 Å². The van der Waals surface area contributed by atoms with Gasteiger partial charge in [0.15, 0.2) is 0 Å². The van der Waals surface area contributed by atoms with E-state index in [1.807, 2.05) is 25.6 Å². The Kier molecular flexibility index (Phi) is 5.42. The first-order valence-corrected chi connectivity index (χ1v) is 6.38. The zero-order valence-corrected chi connectivity index (χ0v) is 10.8. The molecule has 1 heterocycles. The van der Waals surface area contributed by atoms with E-state index in [2.05, 4.69) is 22.5 Å². The minimum absolute atomic E-state index is 0.0963. The number of thiazole rings is 1. The molecule has 1 amide bonds. The van der Waals surface area contributed by atoms with Gasteiger partial charge in [-0.2, -0.15) is 0 Å². The van der Waals surface area contributed by atoms with Gasteiger partial charge in [-0.3, -0.25) is 9.78 Å². The van der Waals surface area contributed by atoms with E-state index in [0.29, 0.717) is 13.0 Å². The van der Waals surface area contributed by atoms with E-state index < -0.39 is 0 Å². The SMILES string of the molecule is CC(C)NC(=O)CCNC(C)c1cncs1. The number of aromatic nitrogens is 1. The van der Waals surface area contributed by atoms with Gasteiger partial charge in [0.1, 0.15) is 0 Å². The highest BCUT2D eigenvalue weighted by molar-refractivity contribution is 7.09. The van der Waals surface area contributed by atoms with Crippen molar-refractivity contribution >= 4 is 17.2 Å². The van der Waals surface area contributed by atoms with Gasteiger partial charge < -0.3 is 10.6 Å². The Labute approximate surface area is 100 Å². The first-order chi connectivity index (χ1) is 7.59. The number of hydrogen-bond donors (Lipinski definition) is 2. The Balaban J connectivity index is 2.18. The summed E-state index contributed by atoms with van der Waals surface area (Å²) in [5.41, 5.74) is 1.82. The predicted octanol–water partition coefficient (Wildman–Crippen LogP) is 1.71. The minimum atomic E-state index is 0.0963. The van der Waals surface area contributed by atoms with Gasteiger partial charge >= 0.3 is 0 Å². The quantitative estimate of drug-likeness (QED) is 0.797. The summed E-state index contributed by atoms with van der Waals surface area (Å²) in [4.78, 5) is 16.6. The maximum absolute atomic E-state index is 11.4. The molecule has 0 saturated carbocycles. The van der Waals surface area contributed by atoms with Gasteiger partial charge in [0.25, 0.3) is 0 Å². The molecule has 0 aliphatic rings. The molecule has 0 aromatic carbocycles. The molecule has 0 aliphatic heterocycles. The highest BCUT2D eigenvalue weighted by atomic mass is 32.1. The molecule has 0 aliphatic carbocycles. The Hall–Kier alpha value is -0.940. The molecule has 16 heavy (non-hydrogen) atoms. The highest BCUT2D eigenvalue weighted by Crippen LogP contribution is 2.15. The van der Waals surface area contributed by atoms with Crippen LogP contribution in [0.15, 0.2) is 11.7 Å². The second-order valence-corrected chi connectivity index (χ2v) is 4.97. The molecule has 0 bridgehead atoms. The molecule has 0 fully saturated rings. The molecule has 1 aromatic heterocycles. The fraction of sp³-hybridized carbons (Fsp3) is 0.636. The molecule has 1 rings (SSSR count). The van der Waals surface area contributed by atoms with E-state index in [9.17, 15) is 4.79 Å². The van der Waals surface area contributed by atoms with Crippen molar-refractivity contribution in [2.24, 2.45) is 0 Å². The number of amides is 1. The summed E-state index contributed by atoms with van der Waals surface area (Å²) in [6.45, 7) is 6.70. The molecule has 1 unspecified atom stereocenters. The summed E-state index contributed by atoms with van der Waals surface area (Å²) in [6.07, 6.45) is 2.37. The number of nitrogens with one attached hydrogen (secondary N) is 2. The molecule has 4 nitrogen and oxygen atoms in total. The van der Waals surface area contributed by atoms with Gasteiger partial charge in [0.05, 0.1) is 5.51 Å². The van der Waals surface area contributed by atoms with Crippen LogP contribution in [-0.4, -0.2) is 23.5 Å². The van der Waals surface area contributed by atoms with Crippen LogP contribution in [-0.2, 0) is 4.79 Å². The smallest absolute Gasteiger partial charge is 0.221 e. The summed E-state index contributed by atoms with van der Waals surface area (Å²) in [5, 5.41) is 6.16. The van der Waals surface area contributed by atoms with E-state index in [4.69, 9.17) is 0 Å². The van der Waals surface area contributed by atoms with Crippen LogP contribution in [0.1, 0.15) is 38.1 Å². The van der Waals surface area contributed by atoms with Crippen molar-refractivity contribution in [2.75, 3.05) is 6.54 Å². The lowest BCUT2D eigenvalue weighted by Crippen LogP contribution is -2.33. The van der Waals surface area contributed by atoms with Crippen molar-refractivity contribution in [3.05, 3.63) is 16.6 Å². The van der Waals surface area contributed by atoms with Crippen molar-refractivity contribution in [3.8, 4) is 0 Å². The van der Waals surface area contributed by atoms with Gasteiger partial charge in [-0.25, -0.2) is 0 Å². The summed E-state index contributed by atoms with van der Waals surface area (Å²) < 4.78 is 0. The normalized spacial score (nSPS) is 12.8. The van der Waals surface area contributed by atoms with Crippen LogP contribution in [0.25, 0.3) is 0 Å². The molecule has 5 heteroatoms. The third-order valence-corrected chi connectivity index (χ3v) is 3.09. The molecule has 90 valence electrons. The second kappa shape index (κ2) is 6.60. The van der Waals surface area contributed by atoms with Crippen LogP contribution in [0.5, 0.6) is 0 Å². The van der Waals surface area contributed by atoms with Gasteiger partial charge in [-0.05, 0) is 20.8 Å². The standard InChI is InChI=1S/C11H19N3OS/c1-8(2)14-11(15)4-5-13-9(3)10-6-12-7-16-10/h6-9,13H,4-5H2,1-3H3,(H,14,15). The Morgan fingerprint density at radius 2 is 2.25 bits per heavy atom. The lowest BCUT2D eigenvalue weighted by atomic mass is 10.2. The molecule has 1 aromatic rings. The molecule has 1 atom stereocenters. The molecular weight excluding hydrogens is 222 g/mol. The number of nitrogens with zero attached hydrogens (tertiary/aromatic N) is 1.